The van der Waals surface area contributed by atoms with Crippen LogP contribution < -0.4 is 5.32 Å². The molecule has 130 valence electrons. The zero-order valence-electron chi connectivity index (χ0n) is 12.9. The van der Waals surface area contributed by atoms with Crippen LogP contribution >= 0.6 is 0 Å². The van der Waals surface area contributed by atoms with Gasteiger partial charge in [0, 0.05) is 17.3 Å². The molecule has 0 aromatic heterocycles. The van der Waals surface area contributed by atoms with Crippen LogP contribution in [0.25, 0.3) is 0 Å². The van der Waals surface area contributed by atoms with Crippen molar-refractivity contribution in [1.29, 1.82) is 0 Å². The van der Waals surface area contributed by atoms with Gasteiger partial charge in [-0.2, -0.15) is 0 Å². The van der Waals surface area contributed by atoms with Crippen molar-refractivity contribution < 1.29 is 28.0 Å². The summed E-state index contributed by atoms with van der Waals surface area (Å²) >= 11 is 0. The first-order chi connectivity index (χ1) is 11.8. The summed E-state index contributed by atoms with van der Waals surface area (Å²) in [5, 5.41) is 13.2. The molecule has 0 bridgehead atoms. The van der Waals surface area contributed by atoms with Gasteiger partial charge < -0.3 is 10.1 Å². The molecule has 0 heterocycles. The number of amides is 1. The summed E-state index contributed by atoms with van der Waals surface area (Å²) in [6, 6.07) is 6.84. The molecule has 9 heteroatoms. The Morgan fingerprint density at radius 1 is 1.20 bits per heavy atom. The lowest BCUT2D eigenvalue weighted by Gasteiger charge is -2.08. The normalized spacial score (nSPS) is 10.2. The van der Waals surface area contributed by atoms with Gasteiger partial charge in [0.1, 0.15) is 5.56 Å². The molecule has 0 unspecified atom stereocenters. The fraction of sp³-hybridized carbons (Fsp3) is 0.125. The number of hydrogen-bond donors (Lipinski definition) is 1. The van der Waals surface area contributed by atoms with E-state index in [-0.39, 0.29) is 16.8 Å². The molecule has 0 saturated heterocycles. The Morgan fingerprint density at radius 3 is 2.56 bits per heavy atom. The van der Waals surface area contributed by atoms with Gasteiger partial charge in [0.05, 0.1) is 4.92 Å². The third kappa shape index (κ3) is 4.34. The van der Waals surface area contributed by atoms with E-state index in [1.165, 1.54) is 25.1 Å². The number of anilines is 1. The monoisotopic (exact) mass is 350 g/mol. The van der Waals surface area contributed by atoms with E-state index < -0.39 is 40.7 Å². The summed E-state index contributed by atoms with van der Waals surface area (Å²) in [7, 11) is 0. The summed E-state index contributed by atoms with van der Waals surface area (Å²) in [5.41, 5.74) is -0.452. The molecule has 1 N–H and O–H groups in total. The highest BCUT2D eigenvalue weighted by molar-refractivity contribution is 5.97. The van der Waals surface area contributed by atoms with E-state index in [1.54, 1.807) is 0 Å². The number of ether oxygens (including phenoxy) is 1. The Bertz CT molecular complexity index is 854. The number of nitro benzene ring substituents is 1. The fourth-order valence-corrected chi connectivity index (χ4v) is 2.05. The molecule has 0 saturated carbocycles. The van der Waals surface area contributed by atoms with Gasteiger partial charge in [0.25, 0.3) is 11.6 Å². The Morgan fingerprint density at radius 2 is 1.92 bits per heavy atom. The third-order valence-corrected chi connectivity index (χ3v) is 3.18. The van der Waals surface area contributed by atoms with Gasteiger partial charge in [-0.3, -0.25) is 14.9 Å². The lowest BCUT2D eigenvalue weighted by Crippen LogP contribution is -2.21. The molecule has 2 aromatic carbocycles. The maximum atomic E-state index is 13.0. The van der Waals surface area contributed by atoms with Gasteiger partial charge >= 0.3 is 5.97 Å². The van der Waals surface area contributed by atoms with Crippen LogP contribution in [0.15, 0.2) is 36.4 Å². The maximum absolute atomic E-state index is 13.0. The highest BCUT2D eigenvalue weighted by Gasteiger charge is 2.24. The van der Waals surface area contributed by atoms with E-state index in [0.29, 0.717) is 0 Å². The van der Waals surface area contributed by atoms with Crippen LogP contribution in [0.4, 0.5) is 20.2 Å². The van der Waals surface area contributed by atoms with Crippen LogP contribution in [-0.4, -0.2) is 23.4 Å². The van der Waals surface area contributed by atoms with Crippen molar-refractivity contribution in [3.8, 4) is 0 Å². The summed E-state index contributed by atoms with van der Waals surface area (Å²) in [6.07, 6.45) is 0. The van der Waals surface area contributed by atoms with E-state index in [0.717, 1.165) is 18.2 Å². The molecule has 0 radical (unpaired) electrons. The van der Waals surface area contributed by atoms with Gasteiger partial charge in [0.2, 0.25) is 0 Å². The molecule has 0 spiro atoms. The topological polar surface area (TPSA) is 98.5 Å². The molecule has 0 atom stereocenters. The van der Waals surface area contributed by atoms with Gasteiger partial charge in [-0.05, 0) is 25.1 Å². The van der Waals surface area contributed by atoms with Gasteiger partial charge in [-0.1, -0.05) is 12.1 Å². The summed E-state index contributed by atoms with van der Waals surface area (Å²) in [4.78, 5) is 34.0. The van der Waals surface area contributed by atoms with Crippen LogP contribution in [0.3, 0.4) is 0 Å². The molecular formula is C16H12F2N2O5. The average molecular weight is 350 g/mol. The summed E-state index contributed by atoms with van der Waals surface area (Å²) in [5.74, 6) is -4.08. The third-order valence-electron chi connectivity index (χ3n) is 3.18. The second kappa shape index (κ2) is 7.47. The van der Waals surface area contributed by atoms with E-state index in [2.05, 4.69) is 5.32 Å². The molecule has 1 amide bonds. The Kier molecular flexibility index (Phi) is 5.38. The van der Waals surface area contributed by atoms with Crippen LogP contribution in [0, 0.1) is 28.7 Å². The van der Waals surface area contributed by atoms with E-state index in [1.807, 2.05) is 0 Å². The largest absolute Gasteiger partial charge is 0.452 e. The van der Waals surface area contributed by atoms with E-state index >= 15 is 0 Å². The standard InChI is InChI=1S/C16H12F2N2O5/c1-9-3-2-4-11(15(9)20(23)24)16(22)25-8-14(21)19-10-5-6-12(17)13(18)7-10/h2-7H,8H2,1H3,(H,19,21). The molecule has 0 fully saturated rings. The Hall–Kier alpha value is -3.36. The van der Waals surface area contributed by atoms with E-state index in [4.69, 9.17) is 4.74 Å². The predicted molar refractivity (Wildman–Crippen MR) is 83.1 cm³/mol. The summed E-state index contributed by atoms with van der Waals surface area (Å²) < 4.78 is 30.6. The van der Waals surface area contributed by atoms with Crippen molar-refractivity contribution in [2.45, 2.75) is 6.92 Å². The van der Waals surface area contributed by atoms with Crippen LogP contribution in [0.5, 0.6) is 0 Å². The Balaban J connectivity index is 2.02. The number of esters is 1. The zero-order chi connectivity index (χ0) is 18.6. The molecule has 0 aliphatic carbocycles. The Labute approximate surface area is 140 Å². The lowest BCUT2D eigenvalue weighted by molar-refractivity contribution is -0.385. The van der Waals surface area contributed by atoms with Gasteiger partial charge in [-0.25, -0.2) is 13.6 Å². The first-order valence-corrected chi connectivity index (χ1v) is 6.95. The number of halogens is 2. The van der Waals surface area contributed by atoms with Crippen molar-refractivity contribution in [2.24, 2.45) is 0 Å². The van der Waals surface area contributed by atoms with Gasteiger partial charge in [0.15, 0.2) is 18.2 Å². The number of rotatable bonds is 5. The number of nitro groups is 1. The first kappa shape index (κ1) is 18.0. The first-order valence-electron chi connectivity index (χ1n) is 6.95. The smallest absolute Gasteiger partial charge is 0.345 e. The number of nitrogens with one attached hydrogen (secondary N) is 1. The molecule has 25 heavy (non-hydrogen) atoms. The number of carbonyl (C=O) groups excluding carboxylic acids is 2. The van der Waals surface area contributed by atoms with Gasteiger partial charge in [-0.15, -0.1) is 0 Å². The number of carbonyl (C=O) groups is 2. The van der Waals surface area contributed by atoms with Crippen LogP contribution in [0.1, 0.15) is 15.9 Å². The lowest BCUT2D eigenvalue weighted by atomic mass is 10.1. The number of nitrogens with zero attached hydrogens (tertiary/aromatic N) is 1. The number of hydrogen-bond acceptors (Lipinski definition) is 5. The summed E-state index contributed by atoms with van der Waals surface area (Å²) in [6.45, 7) is 0.716. The quantitative estimate of drug-likeness (QED) is 0.508. The van der Waals surface area contributed by atoms with Crippen LogP contribution in [-0.2, 0) is 9.53 Å². The van der Waals surface area contributed by atoms with Crippen molar-refractivity contribution in [2.75, 3.05) is 11.9 Å². The molecule has 0 aliphatic rings. The maximum Gasteiger partial charge on any atom is 0.345 e. The number of aryl methyl sites for hydroxylation is 1. The number of benzene rings is 2. The molecule has 2 aromatic rings. The highest BCUT2D eigenvalue weighted by atomic mass is 19.2. The van der Waals surface area contributed by atoms with Crippen molar-refractivity contribution in [3.63, 3.8) is 0 Å². The van der Waals surface area contributed by atoms with Crippen molar-refractivity contribution in [1.82, 2.24) is 0 Å². The number of para-hydroxylation sites is 1. The second-order valence-corrected chi connectivity index (χ2v) is 4.98. The molecular weight excluding hydrogens is 338 g/mol. The SMILES string of the molecule is Cc1cccc(C(=O)OCC(=O)Nc2ccc(F)c(F)c2)c1[N+](=O)[O-]. The second-order valence-electron chi connectivity index (χ2n) is 4.98. The minimum absolute atomic E-state index is 0.0264. The molecule has 2 rings (SSSR count). The van der Waals surface area contributed by atoms with E-state index in [9.17, 15) is 28.5 Å². The molecule has 0 aliphatic heterocycles. The average Bonchev–Trinajstić information content (AvgIpc) is 2.55. The minimum Gasteiger partial charge on any atom is -0.452 e. The minimum atomic E-state index is -1.15. The van der Waals surface area contributed by atoms with Crippen molar-refractivity contribution >= 4 is 23.3 Å². The van der Waals surface area contributed by atoms with Crippen molar-refractivity contribution in [3.05, 3.63) is 69.3 Å². The fourth-order valence-electron chi connectivity index (χ4n) is 2.05. The zero-order valence-corrected chi connectivity index (χ0v) is 12.9. The molecule has 7 nitrogen and oxygen atoms in total. The van der Waals surface area contributed by atoms with Crippen LogP contribution in [0.2, 0.25) is 0 Å². The highest BCUT2D eigenvalue weighted by Crippen LogP contribution is 2.23. The predicted octanol–water partition coefficient (Wildman–Crippen LogP) is 2.98.